The van der Waals surface area contributed by atoms with Gasteiger partial charge in [0.25, 0.3) is 0 Å². The van der Waals surface area contributed by atoms with E-state index in [1.165, 1.54) is 6.20 Å². The third-order valence-electron chi connectivity index (χ3n) is 2.75. The molecule has 6 heteroatoms. The van der Waals surface area contributed by atoms with Gasteiger partial charge in [-0.15, -0.1) is 0 Å². The molecule has 20 heavy (non-hydrogen) atoms. The van der Waals surface area contributed by atoms with Crippen LogP contribution >= 0.6 is 0 Å². The molecular weight excluding hydrogens is 272 g/mol. The highest BCUT2D eigenvalue weighted by atomic mass is 19.4. The summed E-state index contributed by atoms with van der Waals surface area (Å²) >= 11 is 0. The van der Waals surface area contributed by atoms with Gasteiger partial charge >= 0.3 is 6.18 Å². The number of hydrogen-bond acceptors (Lipinski definition) is 2. The van der Waals surface area contributed by atoms with Crippen molar-refractivity contribution in [2.24, 2.45) is 0 Å². The fourth-order valence-electron chi connectivity index (χ4n) is 1.72. The number of nitrogens with one attached hydrogen (secondary N) is 1. The minimum Gasteiger partial charge on any atom is -0.354 e. The van der Waals surface area contributed by atoms with Gasteiger partial charge in [0.15, 0.2) is 0 Å². The lowest BCUT2D eigenvalue weighted by Crippen LogP contribution is -2.09. The number of halogens is 4. The Morgan fingerprint density at radius 1 is 1.15 bits per heavy atom. The summed E-state index contributed by atoms with van der Waals surface area (Å²) in [6.07, 6.45) is -2.44. The monoisotopic (exact) mass is 284 g/mol. The third-order valence-corrected chi connectivity index (χ3v) is 2.75. The van der Waals surface area contributed by atoms with Crippen LogP contribution in [-0.4, -0.2) is 4.98 Å². The van der Waals surface area contributed by atoms with Gasteiger partial charge in [0.05, 0.1) is 23.1 Å². The summed E-state index contributed by atoms with van der Waals surface area (Å²) in [4.78, 5) is 4.08. The molecular formula is C14H12F4N2. The lowest BCUT2D eigenvalue weighted by Gasteiger charge is -2.14. The molecule has 1 heterocycles. The van der Waals surface area contributed by atoms with Crippen molar-refractivity contribution in [2.75, 3.05) is 5.32 Å². The Labute approximate surface area is 113 Å². The van der Waals surface area contributed by atoms with Crippen molar-refractivity contribution in [3.63, 3.8) is 0 Å². The molecule has 0 saturated carbocycles. The number of aryl methyl sites for hydroxylation is 1. The molecule has 0 spiro atoms. The number of alkyl halides is 3. The Bertz CT molecular complexity index is 591. The number of anilines is 2. The molecule has 0 fully saturated rings. The average molecular weight is 284 g/mol. The normalized spacial score (nSPS) is 11.4. The zero-order chi connectivity index (χ0) is 14.8. The van der Waals surface area contributed by atoms with E-state index in [0.29, 0.717) is 11.8 Å². The van der Waals surface area contributed by atoms with Crippen molar-refractivity contribution in [2.45, 2.75) is 19.5 Å². The van der Waals surface area contributed by atoms with Crippen LogP contribution < -0.4 is 5.32 Å². The average Bonchev–Trinajstić information content (AvgIpc) is 2.40. The Kier molecular flexibility index (Phi) is 3.92. The second kappa shape index (κ2) is 5.48. The molecule has 0 aliphatic heterocycles. The van der Waals surface area contributed by atoms with Crippen molar-refractivity contribution in [3.8, 4) is 0 Å². The van der Waals surface area contributed by atoms with Crippen LogP contribution in [0.5, 0.6) is 0 Å². The first-order valence-electron chi connectivity index (χ1n) is 5.99. The zero-order valence-electron chi connectivity index (χ0n) is 10.6. The largest absolute Gasteiger partial charge is 0.418 e. The summed E-state index contributed by atoms with van der Waals surface area (Å²) in [6.45, 7) is 1.93. The SMILES string of the molecule is CCc1ccc(Nc2ccc(F)cc2C(F)(F)F)cn1. The fourth-order valence-corrected chi connectivity index (χ4v) is 1.72. The first-order chi connectivity index (χ1) is 9.40. The van der Waals surface area contributed by atoms with Crippen LogP contribution in [0.25, 0.3) is 0 Å². The van der Waals surface area contributed by atoms with E-state index in [-0.39, 0.29) is 5.69 Å². The lowest BCUT2D eigenvalue weighted by atomic mass is 10.1. The predicted molar refractivity (Wildman–Crippen MR) is 68.3 cm³/mol. The van der Waals surface area contributed by atoms with Gasteiger partial charge in [-0.05, 0) is 36.8 Å². The molecule has 1 aromatic heterocycles. The zero-order valence-corrected chi connectivity index (χ0v) is 10.6. The summed E-state index contributed by atoms with van der Waals surface area (Å²) in [6, 6.07) is 5.86. The van der Waals surface area contributed by atoms with Crippen molar-refractivity contribution < 1.29 is 17.6 Å². The van der Waals surface area contributed by atoms with Gasteiger partial charge < -0.3 is 5.32 Å². The van der Waals surface area contributed by atoms with Crippen molar-refractivity contribution in [1.82, 2.24) is 4.98 Å². The molecule has 1 N–H and O–H groups in total. The molecule has 0 bridgehead atoms. The molecule has 0 aliphatic rings. The molecule has 2 rings (SSSR count). The molecule has 106 valence electrons. The molecule has 0 saturated heterocycles. The van der Waals surface area contributed by atoms with Gasteiger partial charge in [-0.3, -0.25) is 4.98 Å². The topological polar surface area (TPSA) is 24.9 Å². The number of aromatic nitrogens is 1. The molecule has 0 unspecified atom stereocenters. The van der Waals surface area contributed by atoms with E-state index in [0.717, 1.165) is 24.2 Å². The second-order valence-corrected chi connectivity index (χ2v) is 4.20. The first-order valence-corrected chi connectivity index (χ1v) is 5.99. The van der Waals surface area contributed by atoms with E-state index >= 15 is 0 Å². The van der Waals surface area contributed by atoms with E-state index in [2.05, 4.69) is 10.3 Å². The van der Waals surface area contributed by atoms with Gasteiger partial charge in [-0.25, -0.2) is 4.39 Å². The van der Waals surface area contributed by atoms with Gasteiger partial charge in [-0.2, -0.15) is 13.2 Å². The highest BCUT2D eigenvalue weighted by Crippen LogP contribution is 2.36. The Morgan fingerprint density at radius 2 is 1.90 bits per heavy atom. The highest BCUT2D eigenvalue weighted by Gasteiger charge is 2.34. The highest BCUT2D eigenvalue weighted by molar-refractivity contribution is 5.63. The van der Waals surface area contributed by atoms with Crippen LogP contribution in [0, 0.1) is 5.82 Å². The molecule has 2 nitrogen and oxygen atoms in total. The summed E-state index contributed by atoms with van der Waals surface area (Å²) in [5.74, 6) is -0.928. The van der Waals surface area contributed by atoms with Crippen LogP contribution in [0.3, 0.4) is 0 Å². The number of pyridine rings is 1. The number of nitrogens with zero attached hydrogens (tertiary/aromatic N) is 1. The van der Waals surface area contributed by atoms with E-state index in [9.17, 15) is 17.6 Å². The van der Waals surface area contributed by atoms with Gasteiger partial charge in [-0.1, -0.05) is 6.92 Å². The Morgan fingerprint density at radius 3 is 2.45 bits per heavy atom. The molecule has 0 radical (unpaired) electrons. The van der Waals surface area contributed by atoms with E-state index in [1.807, 2.05) is 6.92 Å². The predicted octanol–water partition coefficient (Wildman–Crippen LogP) is 4.55. The summed E-state index contributed by atoms with van der Waals surface area (Å²) in [5, 5.41) is 2.61. The summed E-state index contributed by atoms with van der Waals surface area (Å²) < 4.78 is 51.5. The van der Waals surface area contributed by atoms with Crippen LogP contribution in [0.4, 0.5) is 28.9 Å². The third kappa shape index (κ3) is 3.26. The minimum absolute atomic E-state index is 0.204. The maximum Gasteiger partial charge on any atom is 0.418 e. The van der Waals surface area contributed by atoms with E-state index in [1.54, 1.807) is 12.1 Å². The molecule has 0 atom stereocenters. The Balaban J connectivity index is 2.32. The number of benzene rings is 1. The Hall–Kier alpha value is -2.11. The first kappa shape index (κ1) is 14.3. The standard InChI is InChI=1S/C14H12F4N2/c1-2-10-4-5-11(8-19-10)20-13-6-3-9(15)7-12(13)14(16,17)18/h3-8,20H,2H2,1H3. The smallest absolute Gasteiger partial charge is 0.354 e. The van der Waals surface area contributed by atoms with Crippen LogP contribution in [-0.2, 0) is 12.6 Å². The number of hydrogen-bond donors (Lipinski definition) is 1. The maximum absolute atomic E-state index is 13.0. The molecule has 1 aromatic carbocycles. The quantitative estimate of drug-likeness (QED) is 0.837. The number of rotatable bonds is 3. The minimum atomic E-state index is -4.62. The molecule has 0 aliphatic carbocycles. The molecule has 2 aromatic rings. The van der Waals surface area contributed by atoms with E-state index in [4.69, 9.17) is 0 Å². The van der Waals surface area contributed by atoms with Crippen molar-refractivity contribution in [3.05, 3.63) is 53.6 Å². The molecule has 0 amide bonds. The second-order valence-electron chi connectivity index (χ2n) is 4.20. The van der Waals surface area contributed by atoms with Gasteiger partial charge in [0, 0.05) is 5.69 Å². The maximum atomic E-state index is 13.0. The van der Waals surface area contributed by atoms with Crippen LogP contribution in [0.2, 0.25) is 0 Å². The van der Waals surface area contributed by atoms with Gasteiger partial charge in [0.2, 0.25) is 0 Å². The van der Waals surface area contributed by atoms with Crippen LogP contribution in [0.1, 0.15) is 18.2 Å². The van der Waals surface area contributed by atoms with Crippen molar-refractivity contribution in [1.29, 1.82) is 0 Å². The summed E-state index contributed by atoms with van der Waals surface area (Å²) in [7, 11) is 0. The lowest BCUT2D eigenvalue weighted by molar-refractivity contribution is -0.137. The van der Waals surface area contributed by atoms with Crippen LogP contribution in [0.15, 0.2) is 36.5 Å². The van der Waals surface area contributed by atoms with Crippen molar-refractivity contribution >= 4 is 11.4 Å². The summed E-state index contributed by atoms with van der Waals surface area (Å²) in [5.41, 5.74) is 0.00651. The van der Waals surface area contributed by atoms with E-state index < -0.39 is 17.6 Å². The van der Waals surface area contributed by atoms with Gasteiger partial charge in [0.1, 0.15) is 5.82 Å². The fraction of sp³-hybridized carbons (Fsp3) is 0.214.